The number of aliphatic carboxylic acids is 1. The smallest absolute Gasteiger partial charge is 0.324 e. The van der Waals surface area contributed by atoms with Crippen molar-refractivity contribution in [2.24, 2.45) is 7.05 Å². The maximum atomic E-state index is 11.9. The molecule has 2 rings (SSSR count). The number of benzene rings is 1. The van der Waals surface area contributed by atoms with Crippen LogP contribution in [0.2, 0.25) is 0 Å². The highest BCUT2D eigenvalue weighted by Gasteiger charge is 2.07. The van der Waals surface area contributed by atoms with Gasteiger partial charge in [-0.05, 0) is 31.0 Å². The molecular formula is C15H18N4O3. The van der Waals surface area contributed by atoms with Gasteiger partial charge in [-0.25, -0.2) is 4.79 Å². The van der Waals surface area contributed by atoms with E-state index in [9.17, 15) is 9.59 Å². The van der Waals surface area contributed by atoms with E-state index in [2.05, 4.69) is 15.7 Å². The molecule has 0 saturated carbocycles. The molecule has 22 heavy (non-hydrogen) atoms. The Bertz CT molecular complexity index is 674. The van der Waals surface area contributed by atoms with Gasteiger partial charge in [-0.15, -0.1) is 0 Å². The number of nitrogens with zero attached hydrogens (tertiary/aromatic N) is 2. The Labute approximate surface area is 128 Å². The van der Waals surface area contributed by atoms with Crippen molar-refractivity contribution in [2.45, 2.75) is 19.8 Å². The van der Waals surface area contributed by atoms with Gasteiger partial charge in [0.25, 0.3) is 0 Å². The summed E-state index contributed by atoms with van der Waals surface area (Å²) in [5.41, 5.74) is 2.40. The molecule has 0 spiro atoms. The third-order valence-electron chi connectivity index (χ3n) is 3.17. The molecule has 0 atom stereocenters. The van der Waals surface area contributed by atoms with Crippen LogP contribution in [-0.2, 0) is 18.3 Å². The summed E-state index contributed by atoms with van der Waals surface area (Å²) in [5, 5.41) is 18.2. The molecule has 7 heteroatoms. The van der Waals surface area contributed by atoms with Gasteiger partial charge in [0.15, 0.2) is 5.82 Å². The number of urea groups is 1. The zero-order valence-electron chi connectivity index (χ0n) is 12.5. The summed E-state index contributed by atoms with van der Waals surface area (Å²) in [5.74, 6) is -0.374. The van der Waals surface area contributed by atoms with Gasteiger partial charge in [-0.2, -0.15) is 5.10 Å². The average Bonchev–Trinajstić information content (AvgIpc) is 2.75. The summed E-state index contributed by atoms with van der Waals surface area (Å²) in [6.45, 7) is 1.89. The Hall–Kier alpha value is -2.83. The summed E-state index contributed by atoms with van der Waals surface area (Å²) in [6, 6.07) is 8.47. The second kappa shape index (κ2) is 6.75. The number of hydrogen-bond donors (Lipinski definition) is 3. The maximum absolute atomic E-state index is 11.9. The number of rotatable bonds is 5. The highest BCUT2D eigenvalue weighted by molar-refractivity contribution is 5.99. The fourth-order valence-electron chi connectivity index (χ4n) is 1.96. The Morgan fingerprint density at radius 3 is 2.68 bits per heavy atom. The SMILES string of the molecule is Cc1cc(NC(=O)Nc2cccc(CCC(=O)O)c2)nn1C. The van der Waals surface area contributed by atoms with Gasteiger partial charge in [0, 0.05) is 30.9 Å². The summed E-state index contributed by atoms with van der Waals surface area (Å²) in [6.07, 6.45) is 0.481. The van der Waals surface area contributed by atoms with Gasteiger partial charge >= 0.3 is 12.0 Å². The summed E-state index contributed by atoms with van der Waals surface area (Å²) in [4.78, 5) is 22.5. The molecular weight excluding hydrogens is 284 g/mol. The molecule has 0 aliphatic rings. The summed E-state index contributed by atoms with van der Waals surface area (Å²) in [7, 11) is 1.80. The van der Waals surface area contributed by atoms with Crippen LogP contribution >= 0.6 is 0 Å². The molecule has 3 N–H and O–H groups in total. The van der Waals surface area contributed by atoms with Crippen molar-refractivity contribution in [1.82, 2.24) is 9.78 Å². The molecule has 2 aromatic rings. The topological polar surface area (TPSA) is 96.2 Å². The number of amides is 2. The number of aromatic nitrogens is 2. The monoisotopic (exact) mass is 302 g/mol. The number of nitrogens with one attached hydrogen (secondary N) is 2. The van der Waals surface area contributed by atoms with Gasteiger partial charge in [-0.3, -0.25) is 14.8 Å². The molecule has 1 heterocycles. The minimum Gasteiger partial charge on any atom is -0.481 e. The summed E-state index contributed by atoms with van der Waals surface area (Å²) < 4.78 is 1.67. The van der Waals surface area contributed by atoms with E-state index in [0.29, 0.717) is 17.9 Å². The summed E-state index contributed by atoms with van der Waals surface area (Å²) >= 11 is 0. The van der Waals surface area contributed by atoms with Crippen LogP contribution in [0.1, 0.15) is 17.7 Å². The zero-order chi connectivity index (χ0) is 16.1. The predicted octanol–water partition coefficient (Wildman–Crippen LogP) is 2.39. The number of carbonyl (C=O) groups is 2. The molecule has 0 aliphatic carbocycles. The van der Waals surface area contributed by atoms with Crippen molar-refractivity contribution in [2.75, 3.05) is 10.6 Å². The van der Waals surface area contributed by atoms with Crippen LogP contribution in [0, 0.1) is 6.92 Å². The first-order valence-electron chi connectivity index (χ1n) is 6.83. The lowest BCUT2D eigenvalue weighted by Gasteiger charge is -2.07. The quantitative estimate of drug-likeness (QED) is 0.790. The van der Waals surface area contributed by atoms with E-state index in [1.807, 2.05) is 13.0 Å². The lowest BCUT2D eigenvalue weighted by atomic mass is 10.1. The molecule has 0 unspecified atom stereocenters. The van der Waals surface area contributed by atoms with E-state index in [0.717, 1.165) is 11.3 Å². The zero-order valence-corrected chi connectivity index (χ0v) is 12.5. The number of carbonyl (C=O) groups excluding carboxylic acids is 1. The van der Waals surface area contributed by atoms with Gasteiger partial charge < -0.3 is 10.4 Å². The van der Waals surface area contributed by atoms with E-state index >= 15 is 0 Å². The Kier molecular flexibility index (Phi) is 4.77. The average molecular weight is 302 g/mol. The minimum absolute atomic E-state index is 0.0584. The van der Waals surface area contributed by atoms with E-state index in [-0.39, 0.29) is 6.42 Å². The number of hydrogen-bond acceptors (Lipinski definition) is 3. The fraction of sp³-hybridized carbons (Fsp3) is 0.267. The second-order valence-electron chi connectivity index (χ2n) is 4.97. The van der Waals surface area contributed by atoms with E-state index in [1.54, 1.807) is 36.0 Å². The van der Waals surface area contributed by atoms with E-state index in [4.69, 9.17) is 5.11 Å². The third-order valence-corrected chi connectivity index (χ3v) is 3.17. The Morgan fingerprint density at radius 2 is 2.05 bits per heavy atom. The number of carboxylic acid groups (broad SMARTS) is 1. The van der Waals surface area contributed by atoms with Crippen LogP contribution < -0.4 is 10.6 Å². The van der Waals surface area contributed by atoms with Crippen molar-refractivity contribution in [3.05, 3.63) is 41.6 Å². The molecule has 2 amide bonds. The molecule has 1 aromatic carbocycles. The number of anilines is 2. The Morgan fingerprint density at radius 1 is 1.27 bits per heavy atom. The first-order valence-corrected chi connectivity index (χ1v) is 6.83. The van der Waals surface area contributed by atoms with Crippen molar-refractivity contribution in [3.63, 3.8) is 0 Å². The van der Waals surface area contributed by atoms with E-state index in [1.165, 1.54) is 0 Å². The molecule has 0 bridgehead atoms. The van der Waals surface area contributed by atoms with Crippen LogP contribution in [0.25, 0.3) is 0 Å². The molecule has 0 radical (unpaired) electrons. The van der Waals surface area contributed by atoms with Crippen molar-refractivity contribution < 1.29 is 14.7 Å². The predicted molar refractivity (Wildman–Crippen MR) is 83.0 cm³/mol. The minimum atomic E-state index is -0.846. The van der Waals surface area contributed by atoms with Crippen molar-refractivity contribution in [1.29, 1.82) is 0 Å². The van der Waals surface area contributed by atoms with Gasteiger partial charge in [-0.1, -0.05) is 12.1 Å². The van der Waals surface area contributed by atoms with Crippen LogP contribution in [0.3, 0.4) is 0 Å². The first kappa shape index (κ1) is 15.6. The molecule has 7 nitrogen and oxygen atoms in total. The molecule has 116 valence electrons. The van der Waals surface area contributed by atoms with Crippen LogP contribution in [0.5, 0.6) is 0 Å². The van der Waals surface area contributed by atoms with Gasteiger partial charge in [0.2, 0.25) is 0 Å². The standard InChI is InChI=1S/C15H18N4O3/c1-10-8-13(18-19(10)2)17-15(22)16-12-5-3-4-11(9-12)6-7-14(20)21/h3-5,8-9H,6-7H2,1-2H3,(H,20,21)(H2,16,17,18,22). The third kappa shape index (κ3) is 4.34. The fourth-order valence-corrected chi connectivity index (χ4v) is 1.96. The lowest BCUT2D eigenvalue weighted by molar-refractivity contribution is -0.136. The normalized spacial score (nSPS) is 10.3. The first-order chi connectivity index (χ1) is 10.4. The molecule has 0 saturated heterocycles. The van der Waals surface area contributed by atoms with Crippen molar-refractivity contribution in [3.8, 4) is 0 Å². The highest BCUT2D eigenvalue weighted by Crippen LogP contribution is 2.13. The Balaban J connectivity index is 1.96. The number of carboxylic acids is 1. The van der Waals surface area contributed by atoms with Crippen molar-refractivity contribution >= 4 is 23.5 Å². The van der Waals surface area contributed by atoms with Crippen LogP contribution in [-0.4, -0.2) is 26.9 Å². The van der Waals surface area contributed by atoms with Gasteiger partial charge in [0.05, 0.1) is 0 Å². The van der Waals surface area contributed by atoms with Crippen LogP contribution in [0.15, 0.2) is 30.3 Å². The highest BCUT2D eigenvalue weighted by atomic mass is 16.4. The lowest BCUT2D eigenvalue weighted by Crippen LogP contribution is -2.19. The van der Waals surface area contributed by atoms with Crippen LogP contribution in [0.4, 0.5) is 16.3 Å². The molecule has 1 aromatic heterocycles. The largest absolute Gasteiger partial charge is 0.481 e. The van der Waals surface area contributed by atoms with E-state index < -0.39 is 12.0 Å². The molecule has 0 fully saturated rings. The number of aryl methyl sites for hydroxylation is 3. The second-order valence-corrected chi connectivity index (χ2v) is 4.97. The van der Waals surface area contributed by atoms with Gasteiger partial charge in [0.1, 0.15) is 0 Å². The maximum Gasteiger partial charge on any atom is 0.324 e. The molecule has 0 aliphatic heterocycles.